The average molecular weight is 333 g/mol. The quantitative estimate of drug-likeness (QED) is 0.617. The summed E-state index contributed by atoms with van der Waals surface area (Å²) < 4.78 is 6.41. The molecule has 0 amide bonds. The Morgan fingerprint density at radius 3 is 2.50 bits per heavy atom. The topological polar surface area (TPSA) is 117 Å². The molecule has 1 aliphatic heterocycles. The van der Waals surface area contributed by atoms with E-state index in [1.54, 1.807) is 6.07 Å². The van der Waals surface area contributed by atoms with E-state index in [-0.39, 0.29) is 0 Å². The Balaban J connectivity index is 1.80. The van der Waals surface area contributed by atoms with Gasteiger partial charge in [0.1, 0.15) is 24.1 Å². The summed E-state index contributed by atoms with van der Waals surface area (Å²) in [6.45, 7) is 1.52. The van der Waals surface area contributed by atoms with Crippen molar-refractivity contribution in [3.8, 4) is 0 Å². The van der Waals surface area contributed by atoms with E-state index in [0.29, 0.717) is 5.82 Å². The zero-order valence-electron chi connectivity index (χ0n) is 13.0. The van der Waals surface area contributed by atoms with Gasteiger partial charge in [-0.3, -0.25) is 4.57 Å². The number of aliphatic hydroxyl groups is 3. The fourth-order valence-electron chi connectivity index (χ4n) is 2.57. The molecule has 1 saturated heterocycles. The smallest absolute Gasteiger partial charge is 0.351 e. The molecule has 0 aliphatic carbocycles. The number of aromatic nitrogens is 2. The predicted octanol–water partition coefficient (Wildman–Crippen LogP) is -0.0932. The molecule has 4 N–H and O–H groups in total. The molecule has 8 nitrogen and oxygen atoms in total. The highest BCUT2D eigenvalue weighted by atomic mass is 16.6. The number of hydrogen-bond donors (Lipinski definition) is 4. The maximum absolute atomic E-state index is 12.2. The number of rotatable bonds is 4. The first-order valence-electron chi connectivity index (χ1n) is 7.55. The maximum atomic E-state index is 12.2. The fourth-order valence-corrected chi connectivity index (χ4v) is 2.57. The Bertz CT molecular complexity index is 761. The van der Waals surface area contributed by atoms with Crippen LogP contribution < -0.4 is 11.0 Å². The van der Waals surface area contributed by atoms with E-state index in [4.69, 9.17) is 9.84 Å². The second kappa shape index (κ2) is 6.70. The van der Waals surface area contributed by atoms with Gasteiger partial charge in [0.25, 0.3) is 0 Å². The van der Waals surface area contributed by atoms with Gasteiger partial charge in [0, 0.05) is 11.9 Å². The van der Waals surface area contributed by atoms with Crippen LogP contribution in [0.3, 0.4) is 0 Å². The zero-order chi connectivity index (χ0) is 17.3. The highest BCUT2D eigenvalue weighted by molar-refractivity contribution is 5.55. The van der Waals surface area contributed by atoms with Gasteiger partial charge in [-0.1, -0.05) is 17.7 Å². The Morgan fingerprint density at radius 1 is 1.21 bits per heavy atom. The van der Waals surface area contributed by atoms with Gasteiger partial charge < -0.3 is 25.4 Å². The Hall–Kier alpha value is -2.26. The van der Waals surface area contributed by atoms with Crippen molar-refractivity contribution in [2.24, 2.45) is 0 Å². The largest absolute Gasteiger partial charge is 0.394 e. The predicted molar refractivity (Wildman–Crippen MR) is 86.0 cm³/mol. The molecule has 8 heteroatoms. The lowest BCUT2D eigenvalue weighted by Crippen LogP contribution is -2.36. The Labute approximate surface area is 138 Å². The lowest BCUT2D eigenvalue weighted by Gasteiger charge is -2.17. The van der Waals surface area contributed by atoms with Crippen LogP contribution in [0.25, 0.3) is 0 Å². The third-order valence-corrected chi connectivity index (χ3v) is 3.95. The first-order chi connectivity index (χ1) is 11.5. The van der Waals surface area contributed by atoms with Crippen LogP contribution in [-0.4, -0.2) is 49.8 Å². The van der Waals surface area contributed by atoms with Crippen molar-refractivity contribution in [2.75, 3.05) is 11.9 Å². The normalized spacial score (nSPS) is 26.5. The number of hydrogen-bond acceptors (Lipinski definition) is 7. The molecular weight excluding hydrogens is 314 g/mol. The second-order valence-corrected chi connectivity index (χ2v) is 5.72. The molecule has 3 rings (SSSR count). The van der Waals surface area contributed by atoms with Crippen LogP contribution in [0.15, 0.2) is 41.3 Å². The molecule has 0 radical (unpaired) electrons. The molecule has 2 aromatic rings. The summed E-state index contributed by atoms with van der Waals surface area (Å²) in [5.74, 6) is 0.354. The number of nitrogens with zero attached hydrogens (tertiary/aromatic N) is 2. The van der Waals surface area contributed by atoms with Gasteiger partial charge in [0.15, 0.2) is 6.23 Å². The highest BCUT2D eigenvalue weighted by Crippen LogP contribution is 2.28. The summed E-state index contributed by atoms with van der Waals surface area (Å²) in [5.41, 5.74) is 1.27. The van der Waals surface area contributed by atoms with E-state index < -0.39 is 36.8 Å². The molecule has 1 aromatic carbocycles. The first kappa shape index (κ1) is 16.6. The van der Waals surface area contributed by atoms with E-state index in [9.17, 15) is 15.0 Å². The van der Waals surface area contributed by atoms with E-state index in [1.807, 2.05) is 31.2 Å². The highest BCUT2D eigenvalue weighted by Gasteiger charge is 2.43. The maximum Gasteiger partial charge on any atom is 0.351 e. The average Bonchev–Trinajstić information content (AvgIpc) is 2.85. The second-order valence-electron chi connectivity index (χ2n) is 5.72. The van der Waals surface area contributed by atoms with Crippen molar-refractivity contribution in [3.63, 3.8) is 0 Å². The molecule has 1 aromatic heterocycles. The van der Waals surface area contributed by atoms with Gasteiger partial charge in [-0.05, 0) is 25.1 Å². The molecule has 0 saturated carbocycles. The lowest BCUT2D eigenvalue weighted by atomic mass is 10.1. The van der Waals surface area contributed by atoms with Gasteiger partial charge in [-0.15, -0.1) is 0 Å². The molecule has 0 spiro atoms. The molecule has 2 heterocycles. The lowest BCUT2D eigenvalue weighted by molar-refractivity contribution is -0.0549. The minimum absolute atomic E-state index is 0.354. The first-order valence-corrected chi connectivity index (χ1v) is 7.55. The molecule has 1 fully saturated rings. The van der Waals surface area contributed by atoms with E-state index >= 15 is 0 Å². The van der Waals surface area contributed by atoms with Gasteiger partial charge >= 0.3 is 5.69 Å². The van der Waals surface area contributed by atoms with Gasteiger partial charge in [0.2, 0.25) is 0 Å². The molecule has 24 heavy (non-hydrogen) atoms. The third-order valence-electron chi connectivity index (χ3n) is 3.95. The molecule has 1 aliphatic rings. The third kappa shape index (κ3) is 3.17. The van der Waals surface area contributed by atoms with Crippen LogP contribution in [0.2, 0.25) is 0 Å². The molecule has 128 valence electrons. The van der Waals surface area contributed by atoms with Crippen molar-refractivity contribution in [1.29, 1.82) is 0 Å². The van der Waals surface area contributed by atoms with E-state index in [2.05, 4.69) is 10.3 Å². The number of aryl methyl sites for hydroxylation is 1. The number of anilines is 2. The Kier molecular flexibility index (Phi) is 4.63. The van der Waals surface area contributed by atoms with E-state index in [1.165, 1.54) is 6.20 Å². The summed E-state index contributed by atoms with van der Waals surface area (Å²) in [5, 5.41) is 31.9. The number of ether oxygens (including phenoxy) is 1. The summed E-state index contributed by atoms with van der Waals surface area (Å²) in [6, 6.07) is 9.17. The minimum atomic E-state index is -1.32. The van der Waals surface area contributed by atoms with Crippen molar-refractivity contribution in [2.45, 2.75) is 31.5 Å². The monoisotopic (exact) mass is 333 g/mol. The summed E-state index contributed by atoms with van der Waals surface area (Å²) in [6.07, 6.45) is -3.20. The minimum Gasteiger partial charge on any atom is -0.394 e. The number of nitrogens with one attached hydrogen (secondary N) is 1. The Morgan fingerprint density at radius 2 is 1.92 bits per heavy atom. The van der Waals surface area contributed by atoms with Crippen LogP contribution in [0.1, 0.15) is 11.8 Å². The van der Waals surface area contributed by atoms with Crippen molar-refractivity contribution >= 4 is 11.5 Å². The molecular formula is C16H19N3O5. The summed E-state index contributed by atoms with van der Waals surface area (Å²) in [4.78, 5) is 16.1. The standard InChI is InChI=1S/C16H19N3O5/c1-9-2-4-10(5-3-9)17-12-6-7-19(16(23)18-12)15-14(22)13(21)11(8-20)24-15/h2-7,11,13-15,20-22H,8H2,1H3,(H,17,18,23)/t11-,13-,14+,15-/m1/s1. The van der Waals surface area contributed by atoms with Crippen molar-refractivity contribution in [3.05, 3.63) is 52.6 Å². The van der Waals surface area contributed by atoms with E-state index in [0.717, 1.165) is 15.8 Å². The van der Waals surface area contributed by atoms with Crippen LogP contribution in [0.4, 0.5) is 11.5 Å². The number of aliphatic hydroxyl groups excluding tert-OH is 3. The summed E-state index contributed by atoms with van der Waals surface area (Å²) >= 11 is 0. The molecule has 0 unspecified atom stereocenters. The van der Waals surface area contributed by atoms with Crippen LogP contribution >= 0.6 is 0 Å². The molecule has 0 bridgehead atoms. The number of benzene rings is 1. The fraction of sp³-hybridized carbons (Fsp3) is 0.375. The van der Waals surface area contributed by atoms with Gasteiger partial charge in [0.05, 0.1) is 6.61 Å². The molecule has 4 atom stereocenters. The van der Waals surface area contributed by atoms with Crippen molar-refractivity contribution in [1.82, 2.24) is 9.55 Å². The van der Waals surface area contributed by atoms with Gasteiger partial charge in [-0.25, -0.2) is 4.79 Å². The van der Waals surface area contributed by atoms with Crippen LogP contribution in [0, 0.1) is 6.92 Å². The van der Waals surface area contributed by atoms with Crippen LogP contribution in [0.5, 0.6) is 0 Å². The zero-order valence-corrected chi connectivity index (χ0v) is 13.0. The van der Waals surface area contributed by atoms with Crippen LogP contribution in [-0.2, 0) is 4.74 Å². The summed E-state index contributed by atoms with van der Waals surface area (Å²) in [7, 11) is 0. The van der Waals surface area contributed by atoms with Gasteiger partial charge in [-0.2, -0.15) is 4.98 Å². The SMILES string of the molecule is Cc1ccc(Nc2ccn([C@@H]3O[C@H](CO)[C@@H](O)[C@@H]3O)c(=O)n2)cc1. The van der Waals surface area contributed by atoms with Crippen molar-refractivity contribution < 1.29 is 20.1 Å².